The lowest BCUT2D eigenvalue weighted by molar-refractivity contribution is 0.765. The fraction of sp³-hybridized carbons (Fsp3) is 0. The van der Waals surface area contributed by atoms with Gasteiger partial charge in [-0.2, -0.15) is 4.79 Å². The molecule has 0 atom stereocenters. The van der Waals surface area contributed by atoms with Crippen LogP contribution in [0.2, 0.25) is 0 Å². The lowest BCUT2D eigenvalue weighted by Crippen LogP contribution is -2.10. The minimum atomic E-state index is 0.630. The van der Waals surface area contributed by atoms with E-state index in [2.05, 4.69) is 20.7 Å². The molecule has 0 aliphatic rings. The van der Waals surface area contributed by atoms with Gasteiger partial charge in [0.2, 0.25) is 5.65 Å². The summed E-state index contributed by atoms with van der Waals surface area (Å²) in [6, 6.07) is 13.6. The second-order valence-electron chi connectivity index (χ2n) is 3.33. The topological polar surface area (TPSA) is 55.6 Å². The van der Waals surface area contributed by atoms with Crippen LogP contribution < -0.4 is 5.43 Å². The molecule has 0 amide bonds. The van der Waals surface area contributed by atoms with Crippen molar-refractivity contribution in [3.8, 4) is 0 Å². The number of fused-ring (bicyclic) bond motifs is 1. The van der Waals surface area contributed by atoms with Crippen LogP contribution in [-0.2, 0) is 0 Å². The molecular formula is C11H9N5. The summed E-state index contributed by atoms with van der Waals surface area (Å²) >= 11 is 0. The number of anilines is 1. The van der Waals surface area contributed by atoms with E-state index in [1.807, 2.05) is 42.5 Å². The zero-order chi connectivity index (χ0) is 10.8. The molecule has 0 saturated carbocycles. The predicted octanol–water partition coefficient (Wildman–Crippen LogP) is 1.70. The number of pyridine rings is 1. The van der Waals surface area contributed by atoms with Crippen LogP contribution in [0.15, 0.2) is 48.7 Å². The lowest BCUT2D eigenvalue weighted by atomic mass is 10.3. The van der Waals surface area contributed by atoms with E-state index >= 15 is 0 Å². The Morgan fingerprint density at radius 2 is 1.88 bits per heavy atom. The third-order valence-electron chi connectivity index (χ3n) is 2.23. The standard InChI is InChI=1S/C11H9N5/c1-2-5-9(6-3-1)14-16-10-7-4-8-12-11(10)13-15-16/h1-8,14H. The van der Waals surface area contributed by atoms with Gasteiger partial charge < -0.3 is 0 Å². The van der Waals surface area contributed by atoms with Crippen LogP contribution in [0.5, 0.6) is 0 Å². The van der Waals surface area contributed by atoms with Crippen molar-refractivity contribution in [2.75, 3.05) is 5.43 Å². The summed E-state index contributed by atoms with van der Waals surface area (Å²) in [5, 5.41) is 7.94. The summed E-state index contributed by atoms with van der Waals surface area (Å²) in [5.41, 5.74) is 5.57. The van der Waals surface area contributed by atoms with E-state index < -0.39 is 0 Å². The number of nitrogens with one attached hydrogen (secondary N) is 1. The van der Waals surface area contributed by atoms with Crippen molar-refractivity contribution in [3.05, 3.63) is 48.7 Å². The second kappa shape index (κ2) is 3.62. The molecule has 16 heavy (non-hydrogen) atoms. The number of benzene rings is 1. The third kappa shape index (κ3) is 1.48. The SMILES string of the molecule is c1ccc(Nn2nnc3ncccc32)cc1. The Kier molecular flexibility index (Phi) is 2.00. The van der Waals surface area contributed by atoms with Crippen molar-refractivity contribution in [2.45, 2.75) is 0 Å². The van der Waals surface area contributed by atoms with Gasteiger partial charge in [0, 0.05) is 6.20 Å². The van der Waals surface area contributed by atoms with E-state index in [9.17, 15) is 0 Å². The molecule has 5 heteroatoms. The van der Waals surface area contributed by atoms with E-state index in [-0.39, 0.29) is 0 Å². The van der Waals surface area contributed by atoms with Crippen LogP contribution in [0.25, 0.3) is 11.2 Å². The average Bonchev–Trinajstić information content (AvgIpc) is 2.74. The molecule has 0 bridgehead atoms. The van der Waals surface area contributed by atoms with Crippen LogP contribution in [-0.4, -0.2) is 20.1 Å². The summed E-state index contributed by atoms with van der Waals surface area (Å²) < 4.78 is 0. The molecule has 0 aliphatic heterocycles. The molecule has 5 nitrogen and oxygen atoms in total. The maximum atomic E-state index is 4.11. The molecule has 0 unspecified atom stereocenters. The highest BCUT2D eigenvalue weighted by Gasteiger charge is 2.03. The first-order chi connectivity index (χ1) is 7.93. The molecule has 2 aromatic heterocycles. The minimum absolute atomic E-state index is 0.630. The molecule has 1 N–H and O–H groups in total. The normalized spacial score (nSPS) is 10.5. The lowest BCUT2D eigenvalue weighted by Gasteiger charge is -2.04. The molecule has 0 radical (unpaired) electrons. The van der Waals surface area contributed by atoms with Crippen molar-refractivity contribution < 1.29 is 0 Å². The third-order valence-corrected chi connectivity index (χ3v) is 2.23. The van der Waals surface area contributed by atoms with Gasteiger partial charge in [0.1, 0.15) is 5.52 Å². The molecule has 0 saturated heterocycles. The maximum absolute atomic E-state index is 4.11. The second-order valence-corrected chi connectivity index (χ2v) is 3.33. The Bertz CT molecular complexity index is 602. The van der Waals surface area contributed by atoms with E-state index in [1.54, 1.807) is 11.0 Å². The van der Waals surface area contributed by atoms with Gasteiger partial charge in [0.15, 0.2) is 0 Å². The highest BCUT2D eigenvalue weighted by molar-refractivity contribution is 5.70. The van der Waals surface area contributed by atoms with Crippen molar-refractivity contribution in [2.24, 2.45) is 0 Å². The zero-order valence-electron chi connectivity index (χ0n) is 8.41. The Balaban J connectivity index is 2.01. The first-order valence-corrected chi connectivity index (χ1v) is 4.92. The number of aromatic nitrogens is 4. The largest absolute Gasteiger partial charge is 0.276 e. The van der Waals surface area contributed by atoms with Gasteiger partial charge in [-0.1, -0.05) is 18.2 Å². The maximum Gasteiger partial charge on any atom is 0.204 e. The van der Waals surface area contributed by atoms with E-state index in [0.29, 0.717) is 5.65 Å². The molecule has 1 aromatic carbocycles. The molecule has 3 rings (SSSR count). The molecule has 78 valence electrons. The molecule has 0 aliphatic carbocycles. The van der Waals surface area contributed by atoms with Crippen molar-refractivity contribution in [1.29, 1.82) is 0 Å². The Labute approximate surface area is 91.7 Å². The van der Waals surface area contributed by atoms with Crippen LogP contribution in [0.3, 0.4) is 0 Å². The number of hydrogen-bond donors (Lipinski definition) is 1. The van der Waals surface area contributed by atoms with E-state index in [1.165, 1.54) is 0 Å². The average molecular weight is 211 g/mol. The molecule has 2 heterocycles. The Hall–Kier alpha value is -2.43. The van der Waals surface area contributed by atoms with Crippen LogP contribution in [0, 0.1) is 0 Å². The number of hydrogen-bond acceptors (Lipinski definition) is 4. The summed E-state index contributed by atoms with van der Waals surface area (Å²) in [7, 11) is 0. The molecular weight excluding hydrogens is 202 g/mol. The van der Waals surface area contributed by atoms with Crippen LogP contribution in [0.1, 0.15) is 0 Å². The summed E-state index contributed by atoms with van der Waals surface area (Å²) in [5.74, 6) is 0. The highest BCUT2D eigenvalue weighted by Crippen LogP contribution is 2.09. The monoisotopic (exact) mass is 211 g/mol. The number of rotatable bonds is 2. The summed E-state index contributed by atoms with van der Waals surface area (Å²) in [4.78, 5) is 5.72. The van der Waals surface area contributed by atoms with Crippen LogP contribution in [0.4, 0.5) is 5.69 Å². The number of para-hydroxylation sites is 1. The van der Waals surface area contributed by atoms with E-state index in [4.69, 9.17) is 0 Å². The highest BCUT2D eigenvalue weighted by atomic mass is 15.6. The number of nitrogens with zero attached hydrogens (tertiary/aromatic N) is 4. The minimum Gasteiger partial charge on any atom is -0.276 e. The fourth-order valence-corrected chi connectivity index (χ4v) is 1.48. The van der Waals surface area contributed by atoms with Crippen molar-refractivity contribution in [1.82, 2.24) is 20.1 Å². The first kappa shape index (κ1) is 8.84. The fourth-order valence-electron chi connectivity index (χ4n) is 1.48. The molecule has 3 aromatic rings. The van der Waals surface area contributed by atoms with Gasteiger partial charge in [0.05, 0.1) is 5.69 Å². The summed E-state index contributed by atoms with van der Waals surface area (Å²) in [6.07, 6.45) is 1.70. The van der Waals surface area contributed by atoms with Gasteiger partial charge in [-0.15, -0.1) is 5.10 Å². The molecule has 0 spiro atoms. The van der Waals surface area contributed by atoms with Crippen molar-refractivity contribution >= 4 is 16.9 Å². The van der Waals surface area contributed by atoms with Gasteiger partial charge >= 0.3 is 0 Å². The Morgan fingerprint density at radius 3 is 2.75 bits per heavy atom. The predicted molar refractivity (Wildman–Crippen MR) is 60.8 cm³/mol. The quantitative estimate of drug-likeness (QED) is 0.701. The van der Waals surface area contributed by atoms with Gasteiger partial charge in [-0.05, 0) is 29.5 Å². The summed E-state index contributed by atoms with van der Waals surface area (Å²) in [6.45, 7) is 0. The van der Waals surface area contributed by atoms with E-state index in [0.717, 1.165) is 11.2 Å². The zero-order valence-corrected chi connectivity index (χ0v) is 8.41. The smallest absolute Gasteiger partial charge is 0.204 e. The van der Waals surface area contributed by atoms with Crippen molar-refractivity contribution in [3.63, 3.8) is 0 Å². The van der Waals surface area contributed by atoms with Gasteiger partial charge in [0.25, 0.3) is 0 Å². The Morgan fingerprint density at radius 1 is 1.00 bits per heavy atom. The first-order valence-electron chi connectivity index (χ1n) is 4.92. The van der Waals surface area contributed by atoms with Gasteiger partial charge in [-0.25, -0.2) is 4.98 Å². The van der Waals surface area contributed by atoms with Gasteiger partial charge in [-0.3, -0.25) is 5.43 Å². The van der Waals surface area contributed by atoms with Crippen LogP contribution >= 0.6 is 0 Å². The molecule has 0 fully saturated rings.